The molecule has 0 atom stereocenters. The van der Waals surface area contributed by atoms with Gasteiger partial charge in [-0.1, -0.05) is 24.3 Å². The summed E-state index contributed by atoms with van der Waals surface area (Å²) in [5.74, 6) is 1.33. The molecule has 122 valence electrons. The lowest BCUT2D eigenvalue weighted by atomic mass is 10.0. The third-order valence-electron chi connectivity index (χ3n) is 4.69. The molecule has 2 aromatic heterocycles. The first-order valence-corrected chi connectivity index (χ1v) is 8.51. The molecule has 0 spiro atoms. The summed E-state index contributed by atoms with van der Waals surface area (Å²) < 4.78 is 0. The number of nitrogens with zero attached hydrogens (tertiary/aromatic N) is 4. The molecule has 2 aliphatic rings. The molecule has 0 aromatic carbocycles. The van der Waals surface area contributed by atoms with Crippen LogP contribution in [0.25, 0.3) is 0 Å². The molecule has 0 saturated heterocycles. The van der Waals surface area contributed by atoms with E-state index in [1.165, 1.54) is 22.7 Å². The average molecular weight is 318 g/mol. The van der Waals surface area contributed by atoms with Gasteiger partial charge in [-0.05, 0) is 36.3 Å². The normalized spacial score (nSPS) is 17.2. The first-order chi connectivity index (χ1) is 11.8. The predicted octanol–water partition coefficient (Wildman–Crippen LogP) is 3.14. The molecule has 0 bridgehead atoms. The van der Waals surface area contributed by atoms with Crippen LogP contribution in [0.1, 0.15) is 23.9 Å². The summed E-state index contributed by atoms with van der Waals surface area (Å²) in [7, 11) is 0. The molecule has 4 nitrogen and oxygen atoms in total. The summed E-state index contributed by atoms with van der Waals surface area (Å²) in [6.45, 7) is 5.93. The second-order valence-electron chi connectivity index (χ2n) is 6.39. The lowest BCUT2D eigenvalue weighted by molar-refractivity contribution is 0.195. The highest BCUT2D eigenvalue weighted by atomic mass is 15.3. The summed E-state index contributed by atoms with van der Waals surface area (Å²) >= 11 is 0. The molecule has 0 unspecified atom stereocenters. The van der Waals surface area contributed by atoms with E-state index in [4.69, 9.17) is 0 Å². The van der Waals surface area contributed by atoms with Gasteiger partial charge in [-0.3, -0.25) is 9.97 Å². The van der Waals surface area contributed by atoms with Gasteiger partial charge in [0.15, 0.2) is 0 Å². The molecule has 0 fully saturated rings. The first kappa shape index (κ1) is 14.9. The van der Waals surface area contributed by atoms with E-state index in [0.29, 0.717) is 0 Å². The van der Waals surface area contributed by atoms with Gasteiger partial charge in [-0.2, -0.15) is 0 Å². The second kappa shape index (κ2) is 6.48. The highest BCUT2D eigenvalue weighted by Crippen LogP contribution is 2.27. The number of hydrogen-bond acceptors (Lipinski definition) is 4. The zero-order chi connectivity index (χ0) is 16.4. The van der Waals surface area contributed by atoms with E-state index in [1.54, 1.807) is 0 Å². The van der Waals surface area contributed by atoms with Gasteiger partial charge in [0.25, 0.3) is 0 Å². The Hall–Kier alpha value is -2.62. The Kier molecular flexibility index (Phi) is 4.03. The molecule has 2 aliphatic heterocycles. The minimum Gasteiger partial charge on any atom is -0.353 e. The fourth-order valence-electron chi connectivity index (χ4n) is 3.59. The van der Waals surface area contributed by atoms with Crippen molar-refractivity contribution in [2.24, 2.45) is 0 Å². The zero-order valence-corrected chi connectivity index (χ0v) is 14.0. The predicted molar refractivity (Wildman–Crippen MR) is 94.8 cm³/mol. The number of rotatable bonds is 3. The molecule has 4 heteroatoms. The van der Waals surface area contributed by atoms with Crippen LogP contribution in [0.5, 0.6) is 0 Å². The SMILES string of the molecule is CC1=C(N2CCc3ncccc3C2)N(Cc2ccccn2)CC=C1. The van der Waals surface area contributed by atoms with E-state index in [0.717, 1.165) is 38.3 Å². The fourth-order valence-corrected chi connectivity index (χ4v) is 3.59. The van der Waals surface area contributed by atoms with E-state index in [9.17, 15) is 0 Å². The smallest absolute Gasteiger partial charge is 0.108 e. The Morgan fingerprint density at radius 2 is 2.00 bits per heavy atom. The Morgan fingerprint density at radius 1 is 1.08 bits per heavy atom. The van der Waals surface area contributed by atoms with Crippen molar-refractivity contribution in [3.05, 3.63) is 83.2 Å². The second-order valence-corrected chi connectivity index (χ2v) is 6.39. The monoisotopic (exact) mass is 318 g/mol. The summed E-state index contributed by atoms with van der Waals surface area (Å²) in [5, 5.41) is 0. The van der Waals surface area contributed by atoms with Crippen LogP contribution in [-0.4, -0.2) is 32.9 Å². The van der Waals surface area contributed by atoms with Crippen molar-refractivity contribution in [3.63, 3.8) is 0 Å². The minimum atomic E-state index is 0.842. The van der Waals surface area contributed by atoms with E-state index in [2.05, 4.69) is 57.0 Å². The van der Waals surface area contributed by atoms with Crippen LogP contribution >= 0.6 is 0 Å². The van der Waals surface area contributed by atoms with Crippen LogP contribution < -0.4 is 0 Å². The van der Waals surface area contributed by atoms with E-state index < -0.39 is 0 Å². The quantitative estimate of drug-likeness (QED) is 0.870. The van der Waals surface area contributed by atoms with E-state index >= 15 is 0 Å². The van der Waals surface area contributed by atoms with E-state index in [-0.39, 0.29) is 0 Å². The Balaban J connectivity index is 1.60. The highest BCUT2D eigenvalue weighted by molar-refractivity contribution is 5.30. The largest absolute Gasteiger partial charge is 0.353 e. The van der Waals surface area contributed by atoms with Crippen LogP contribution in [0, 0.1) is 0 Å². The fraction of sp³-hybridized carbons (Fsp3) is 0.300. The molecule has 0 aliphatic carbocycles. The van der Waals surface area contributed by atoms with Gasteiger partial charge in [0.2, 0.25) is 0 Å². The average Bonchev–Trinajstić information content (AvgIpc) is 2.62. The summed E-state index contributed by atoms with van der Waals surface area (Å²) in [6, 6.07) is 10.4. The van der Waals surface area contributed by atoms with Crippen molar-refractivity contribution in [2.75, 3.05) is 13.1 Å². The lowest BCUT2D eigenvalue weighted by Gasteiger charge is -2.40. The number of pyridine rings is 2. The molecule has 0 N–H and O–H groups in total. The maximum absolute atomic E-state index is 4.52. The van der Waals surface area contributed by atoms with Gasteiger partial charge in [-0.25, -0.2) is 0 Å². The van der Waals surface area contributed by atoms with Crippen LogP contribution in [0.4, 0.5) is 0 Å². The number of hydrogen-bond donors (Lipinski definition) is 0. The van der Waals surface area contributed by atoms with Crippen LogP contribution in [-0.2, 0) is 19.5 Å². The molecular formula is C20H22N4. The number of fused-ring (bicyclic) bond motifs is 1. The third-order valence-corrected chi connectivity index (χ3v) is 4.69. The van der Waals surface area contributed by atoms with Gasteiger partial charge in [0, 0.05) is 44.1 Å². The zero-order valence-electron chi connectivity index (χ0n) is 14.0. The Morgan fingerprint density at radius 3 is 2.88 bits per heavy atom. The van der Waals surface area contributed by atoms with Gasteiger partial charge in [-0.15, -0.1) is 0 Å². The summed E-state index contributed by atoms with van der Waals surface area (Å²) in [5.41, 5.74) is 5.02. The molecule has 4 rings (SSSR count). The standard InChI is InChI=1S/C20H22N4/c1-16-6-5-12-23(15-18-8-2-3-10-21-18)20(16)24-13-9-19-17(14-24)7-4-11-22-19/h2-8,10-11H,9,12-15H2,1H3. The van der Waals surface area contributed by atoms with Gasteiger partial charge in [0.1, 0.15) is 5.82 Å². The topological polar surface area (TPSA) is 32.3 Å². The van der Waals surface area contributed by atoms with Gasteiger partial charge in [0.05, 0.1) is 12.2 Å². The van der Waals surface area contributed by atoms with Crippen molar-refractivity contribution in [1.82, 2.24) is 19.8 Å². The number of aromatic nitrogens is 2. The van der Waals surface area contributed by atoms with Gasteiger partial charge < -0.3 is 9.80 Å². The summed E-state index contributed by atoms with van der Waals surface area (Å²) in [6.07, 6.45) is 9.25. The van der Waals surface area contributed by atoms with Crippen molar-refractivity contribution in [2.45, 2.75) is 26.4 Å². The van der Waals surface area contributed by atoms with Gasteiger partial charge >= 0.3 is 0 Å². The van der Waals surface area contributed by atoms with Crippen LogP contribution in [0.2, 0.25) is 0 Å². The Bertz CT molecular complexity index is 779. The van der Waals surface area contributed by atoms with Crippen LogP contribution in [0.15, 0.2) is 66.3 Å². The first-order valence-electron chi connectivity index (χ1n) is 8.51. The summed E-state index contributed by atoms with van der Waals surface area (Å²) in [4.78, 5) is 13.9. The number of allylic oxidation sites excluding steroid dienone is 2. The molecule has 24 heavy (non-hydrogen) atoms. The molecule has 0 radical (unpaired) electrons. The van der Waals surface area contributed by atoms with Crippen LogP contribution in [0.3, 0.4) is 0 Å². The third kappa shape index (κ3) is 2.92. The lowest BCUT2D eigenvalue weighted by Crippen LogP contribution is -2.40. The highest BCUT2D eigenvalue weighted by Gasteiger charge is 2.25. The van der Waals surface area contributed by atoms with Crippen molar-refractivity contribution in [3.8, 4) is 0 Å². The molecule has 0 saturated carbocycles. The Labute approximate surface area is 143 Å². The molecular weight excluding hydrogens is 296 g/mol. The molecule has 0 amide bonds. The van der Waals surface area contributed by atoms with Crippen molar-refractivity contribution in [1.29, 1.82) is 0 Å². The van der Waals surface area contributed by atoms with Crippen molar-refractivity contribution >= 4 is 0 Å². The maximum atomic E-state index is 4.52. The molecule has 2 aromatic rings. The maximum Gasteiger partial charge on any atom is 0.108 e. The van der Waals surface area contributed by atoms with Crippen molar-refractivity contribution < 1.29 is 0 Å². The molecule has 4 heterocycles. The van der Waals surface area contributed by atoms with E-state index in [1.807, 2.05) is 24.5 Å². The minimum absolute atomic E-state index is 0.842.